The fourth-order valence-corrected chi connectivity index (χ4v) is 4.68. The van der Waals surface area contributed by atoms with E-state index in [0.717, 1.165) is 0 Å². The molecule has 1 aromatic heterocycles. The van der Waals surface area contributed by atoms with Gasteiger partial charge in [0.15, 0.2) is 0 Å². The molecule has 0 aliphatic heterocycles. The summed E-state index contributed by atoms with van der Waals surface area (Å²) in [7, 11) is 0. The van der Waals surface area contributed by atoms with E-state index in [1.54, 1.807) is 0 Å². The molecule has 0 fully saturated rings. The summed E-state index contributed by atoms with van der Waals surface area (Å²) in [5.41, 5.74) is 0. The Morgan fingerprint density at radius 2 is 1.07 bits per heavy atom. The number of hydrogen-bond donors (Lipinski definition) is 0. The Morgan fingerprint density at radius 3 is 1.60 bits per heavy atom. The molecule has 0 spiro atoms. The Hall–Kier alpha value is -0.790. The van der Waals surface area contributed by atoms with Gasteiger partial charge in [-0.2, -0.15) is 0 Å². The van der Waals surface area contributed by atoms with Gasteiger partial charge in [-0.1, -0.05) is 130 Å². The summed E-state index contributed by atoms with van der Waals surface area (Å²) in [6.07, 6.45) is 30.9. The average Bonchev–Trinajstić information content (AvgIpc) is 3.24. The number of rotatable bonds is 21. The van der Waals surface area contributed by atoms with E-state index < -0.39 is 0 Å². The molecule has 30 heavy (non-hydrogen) atoms. The van der Waals surface area contributed by atoms with Crippen molar-refractivity contribution < 1.29 is 0 Å². The van der Waals surface area contributed by atoms with Crippen molar-refractivity contribution in [3.8, 4) is 0 Å². The summed E-state index contributed by atoms with van der Waals surface area (Å²) < 4.78 is 2.45. The molecular formula is C28H54N2. The van der Waals surface area contributed by atoms with E-state index in [0.29, 0.717) is 12.0 Å². The van der Waals surface area contributed by atoms with E-state index in [9.17, 15) is 0 Å². The highest BCUT2D eigenvalue weighted by molar-refractivity contribution is 5.00. The Labute approximate surface area is 189 Å². The highest BCUT2D eigenvalue weighted by Crippen LogP contribution is 2.25. The monoisotopic (exact) mass is 418 g/mol. The molecule has 1 rings (SSSR count). The maximum Gasteiger partial charge on any atom is 0.111 e. The first kappa shape index (κ1) is 27.2. The molecule has 0 bridgehead atoms. The lowest BCUT2D eigenvalue weighted by atomic mass is 10.00. The molecule has 176 valence electrons. The number of nitrogens with zero attached hydrogens (tertiary/aromatic N) is 2. The topological polar surface area (TPSA) is 17.8 Å². The normalized spacial score (nSPS) is 13.6. The van der Waals surface area contributed by atoms with Crippen molar-refractivity contribution in [2.75, 3.05) is 0 Å². The van der Waals surface area contributed by atoms with Gasteiger partial charge in [-0.3, -0.25) is 0 Å². The van der Waals surface area contributed by atoms with Crippen LogP contribution in [0.15, 0.2) is 12.4 Å². The van der Waals surface area contributed by atoms with Crippen molar-refractivity contribution in [2.24, 2.45) is 0 Å². The standard InChI is InChI=1S/C28H54N2/c1-5-7-9-10-11-12-13-14-15-16-17-18-19-21-22-26(3)28-29-24-25-30(28)27(4)23-20-8-6-2/h24-27H,5-23H2,1-4H3. The van der Waals surface area contributed by atoms with Gasteiger partial charge in [0, 0.05) is 24.4 Å². The van der Waals surface area contributed by atoms with Crippen LogP contribution in [0.3, 0.4) is 0 Å². The molecule has 1 aromatic rings. The van der Waals surface area contributed by atoms with E-state index in [1.807, 2.05) is 6.20 Å². The van der Waals surface area contributed by atoms with Gasteiger partial charge in [0.2, 0.25) is 0 Å². The third-order valence-corrected chi connectivity index (χ3v) is 6.83. The molecule has 0 saturated heterocycles. The SMILES string of the molecule is CCCCCCCCCCCCCCCCC(C)c1nccn1C(C)CCCCC. The molecular weight excluding hydrogens is 364 g/mol. The summed E-state index contributed by atoms with van der Waals surface area (Å²) in [4.78, 5) is 4.71. The summed E-state index contributed by atoms with van der Waals surface area (Å²) >= 11 is 0. The minimum absolute atomic E-state index is 0.589. The fourth-order valence-electron chi connectivity index (χ4n) is 4.68. The Balaban J connectivity index is 2.01. The zero-order valence-electron chi connectivity index (χ0n) is 21.1. The Morgan fingerprint density at radius 1 is 0.633 bits per heavy atom. The summed E-state index contributed by atoms with van der Waals surface area (Å²) in [6, 6.07) is 0.591. The third-order valence-electron chi connectivity index (χ3n) is 6.83. The van der Waals surface area contributed by atoms with Crippen molar-refractivity contribution in [2.45, 2.75) is 162 Å². The molecule has 1 heterocycles. The molecule has 0 aromatic carbocycles. The van der Waals surface area contributed by atoms with Crippen LogP contribution in [0.2, 0.25) is 0 Å². The molecule has 0 aliphatic rings. The van der Waals surface area contributed by atoms with Crippen molar-refractivity contribution >= 4 is 0 Å². The molecule has 2 unspecified atom stereocenters. The van der Waals surface area contributed by atoms with Gasteiger partial charge in [0.05, 0.1) is 0 Å². The second-order valence-corrected chi connectivity index (χ2v) is 9.82. The van der Waals surface area contributed by atoms with Crippen LogP contribution in [0.5, 0.6) is 0 Å². The highest BCUT2D eigenvalue weighted by atomic mass is 15.1. The second kappa shape index (κ2) is 18.9. The van der Waals surface area contributed by atoms with Gasteiger partial charge in [-0.05, 0) is 19.8 Å². The Bertz CT molecular complexity index is 479. The molecule has 0 saturated carbocycles. The van der Waals surface area contributed by atoms with Gasteiger partial charge < -0.3 is 4.57 Å². The number of hydrogen-bond acceptors (Lipinski definition) is 1. The zero-order valence-corrected chi connectivity index (χ0v) is 21.1. The molecule has 2 nitrogen and oxygen atoms in total. The second-order valence-electron chi connectivity index (χ2n) is 9.82. The lowest BCUT2D eigenvalue weighted by Gasteiger charge is -2.20. The first-order valence-electron chi connectivity index (χ1n) is 13.7. The van der Waals surface area contributed by atoms with Crippen LogP contribution in [0.1, 0.15) is 167 Å². The van der Waals surface area contributed by atoms with E-state index in [1.165, 1.54) is 128 Å². The summed E-state index contributed by atoms with van der Waals surface area (Å²) in [6.45, 7) is 9.32. The van der Waals surface area contributed by atoms with Gasteiger partial charge >= 0.3 is 0 Å². The largest absolute Gasteiger partial charge is 0.332 e. The molecule has 0 aliphatic carbocycles. The lowest BCUT2D eigenvalue weighted by molar-refractivity contribution is 0.441. The van der Waals surface area contributed by atoms with Gasteiger partial charge in [0.25, 0.3) is 0 Å². The summed E-state index contributed by atoms with van der Waals surface area (Å²) in [5.74, 6) is 1.90. The minimum atomic E-state index is 0.589. The van der Waals surface area contributed by atoms with Crippen molar-refractivity contribution in [1.82, 2.24) is 9.55 Å². The van der Waals surface area contributed by atoms with Crippen LogP contribution in [0.4, 0.5) is 0 Å². The quantitative estimate of drug-likeness (QED) is 0.182. The van der Waals surface area contributed by atoms with Crippen molar-refractivity contribution in [1.29, 1.82) is 0 Å². The molecule has 0 amide bonds. The van der Waals surface area contributed by atoms with Crippen LogP contribution in [-0.4, -0.2) is 9.55 Å². The summed E-state index contributed by atoms with van der Waals surface area (Å²) in [5, 5.41) is 0. The lowest BCUT2D eigenvalue weighted by Crippen LogP contribution is -2.11. The maximum atomic E-state index is 4.71. The van der Waals surface area contributed by atoms with Gasteiger partial charge in [0.1, 0.15) is 5.82 Å². The van der Waals surface area contributed by atoms with Gasteiger partial charge in [-0.15, -0.1) is 0 Å². The highest BCUT2D eigenvalue weighted by Gasteiger charge is 2.15. The van der Waals surface area contributed by atoms with Crippen molar-refractivity contribution in [3.05, 3.63) is 18.2 Å². The predicted octanol–water partition coefficient (Wildman–Crippen LogP) is 10.00. The van der Waals surface area contributed by atoms with Gasteiger partial charge in [-0.25, -0.2) is 4.98 Å². The van der Waals surface area contributed by atoms with Crippen molar-refractivity contribution in [3.63, 3.8) is 0 Å². The molecule has 2 heteroatoms. The van der Waals surface area contributed by atoms with Crippen LogP contribution in [0.25, 0.3) is 0 Å². The molecule has 0 N–H and O–H groups in total. The number of imidazole rings is 1. The minimum Gasteiger partial charge on any atom is -0.332 e. The first-order valence-corrected chi connectivity index (χ1v) is 13.7. The van der Waals surface area contributed by atoms with Crippen LogP contribution >= 0.6 is 0 Å². The third kappa shape index (κ3) is 12.8. The van der Waals surface area contributed by atoms with E-state index in [-0.39, 0.29) is 0 Å². The van der Waals surface area contributed by atoms with E-state index in [4.69, 9.17) is 4.98 Å². The number of aromatic nitrogens is 2. The number of unbranched alkanes of at least 4 members (excludes halogenated alkanes) is 15. The maximum absolute atomic E-state index is 4.71. The van der Waals surface area contributed by atoms with Crippen LogP contribution in [0, 0.1) is 0 Å². The zero-order chi connectivity index (χ0) is 21.9. The molecule has 2 atom stereocenters. The predicted molar refractivity (Wildman–Crippen MR) is 134 cm³/mol. The Kier molecular flexibility index (Phi) is 17.2. The first-order chi connectivity index (χ1) is 14.7. The average molecular weight is 419 g/mol. The smallest absolute Gasteiger partial charge is 0.111 e. The fraction of sp³-hybridized carbons (Fsp3) is 0.893. The van der Waals surface area contributed by atoms with Crippen LogP contribution < -0.4 is 0 Å². The molecule has 0 radical (unpaired) electrons. The van der Waals surface area contributed by atoms with Crippen LogP contribution in [-0.2, 0) is 0 Å². The van der Waals surface area contributed by atoms with E-state index >= 15 is 0 Å². The van der Waals surface area contributed by atoms with E-state index in [2.05, 4.69) is 38.5 Å².